The summed E-state index contributed by atoms with van der Waals surface area (Å²) < 4.78 is 30.7. The molecule has 1 aromatic carbocycles. The molecule has 1 aromatic heterocycles. The highest BCUT2D eigenvalue weighted by molar-refractivity contribution is 5.78. The third kappa shape index (κ3) is 1.84. The molecule has 0 spiro atoms. The standard InChI is InChI=1S/C15H18F2N2O/c1-8-18-11-7-10(16)12(15(2,3)20)13(17)14(11)19(8)9-5-4-6-9/h7,9,20H,4-6H2,1-3H3. The average molecular weight is 280 g/mol. The number of imidazole rings is 1. The van der Waals surface area contributed by atoms with E-state index in [-0.39, 0.29) is 11.6 Å². The lowest BCUT2D eigenvalue weighted by molar-refractivity contribution is 0.0705. The molecule has 108 valence electrons. The maximum Gasteiger partial charge on any atom is 0.158 e. The number of benzene rings is 1. The lowest BCUT2D eigenvalue weighted by atomic mass is 9.92. The summed E-state index contributed by atoms with van der Waals surface area (Å²) in [6.45, 7) is 4.58. The van der Waals surface area contributed by atoms with E-state index in [0.29, 0.717) is 16.9 Å². The summed E-state index contributed by atoms with van der Waals surface area (Å²) >= 11 is 0. The van der Waals surface area contributed by atoms with Gasteiger partial charge in [0.05, 0.1) is 16.7 Å². The van der Waals surface area contributed by atoms with Gasteiger partial charge in [-0.1, -0.05) is 0 Å². The van der Waals surface area contributed by atoms with Gasteiger partial charge in [-0.2, -0.15) is 0 Å². The minimum Gasteiger partial charge on any atom is -0.386 e. The first-order chi connectivity index (χ1) is 9.30. The monoisotopic (exact) mass is 280 g/mol. The second-order valence-electron chi connectivity index (χ2n) is 6.09. The van der Waals surface area contributed by atoms with Crippen molar-refractivity contribution in [2.45, 2.75) is 51.7 Å². The Morgan fingerprint density at radius 3 is 2.50 bits per heavy atom. The molecule has 1 heterocycles. The largest absolute Gasteiger partial charge is 0.386 e. The molecular weight excluding hydrogens is 262 g/mol. The predicted molar refractivity (Wildman–Crippen MR) is 72.5 cm³/mol. The normalized spacial score (nSPS) is 16.7. The summed E-state index contributed by atoms with van der Waals surface area (Å²) in [4.78, 5) is 4.26. The Kier molecular flexibility index (Phi) is 2.87. The molecule has 3 rings (SSSR count). The van der Waals surface area contributed by atoms with Crippen molar-refractivity contribution in [3.05, 3.63) is 29.1 Å². The van der Waals surface area contributed by atoms with E-state index in [4.69, 9.17) is 0 Å². The fraction of sp³-hybridized carbons (Fsp3) is 0.533. The minimum absolute atomic E-state index is 0.231. The molecule has 2 aromatic rings. The molecule has 0 bridgehead atoms. The summed E-state index contributed by atoms with van der Waals surface area (Å²) in [5.74, 6) is -0.753. The van der Waals surface area contributed by atoms with Crippen molar-refractivity contribution in [2.75, 3.05) is 0 Å². The predicted octanol–water partition coefficient (Wildman–Crippen LogP) is 3.58. The van der Waals surface area contributed by atoms with Gasteiger partial charge in [-0.05, 0) is 40.0 Å². The van der Waals surface area contributed by atoms with Crippen molar-refractivity contribution in [1.29, 1.82) is 0 Å². The molecule has 3 nitrogen and oxygen atoms in total. The molecule has 0 atom stereocenters. The van der Waals surface area contributed by atoms with Crippen molar-refractivity contribution in [1.82, 2.24) is 9.55 Å². The average Bonchev–Trinajstić information content (AvgIpc) is 2.51. The van der Waals surface area contributed by atoms with Gasteiger partial charge in [0.2, 0.25) is 0 Å². The molecule has 0 saturated heterocycles. The van der Waals surface area contributed by atoms with E-state index in [1.54, 1.807) is 6.92 Å². The van der Waals surface area contributed by atoms with Crippen LogP contribution in [0.2, 0.25) is 0 Å². The molecule has 20 heavy (non-hydrogen) atoms. The van der Waals surface area contributed by atoms with Crippen LogP contribution in [0.3, 0.4) is 0 Å². The second kappa shape index (κ2) is 4.25. The van der Waals surface area contributed by atoms with Gasteiger partial charge in [-0.15, -0.1) is 0 Å². The Balaban J connectivity index is 2.34. The van der Waals surface area contributed by atoms with Crippen LogP contribution in [0.1, 0.15) is 50.5 Å². The maximum absolute atomic E-state index is 14.8. The summed E-state index contributed by atoms with van der Waals surface area (Å²) in [7, 11) is 0. The van der Waals surface area contributed by atoms with Crippen LogP contribution in [-0.2, 0) is 5.60 Å². The zero-order chi connectivity index (χ0) is 14.7. The molecule has 1 aliphatic rings. The van der Waals surface area contributed by atoms with E-state index in [2.05, 4.69) is 4.98 Å². The second-order valence-corrected chi connectivity index (χ2v) is 6.09. The number of nitrogens with zero attached hydrogens (tertiary/aromatic N) is 2. The van der Waals surface area contributed by atoms with Crippen LogP contribution in [0.4, 0.5) is 8.78 Å². The number of hydrogen-bond donors (Lipinski definition) is 1. The summed E-state index contributed by atoms with van der Waals surface area (Å²) in [6, 6.07) is 1.45. The van der Waals surface area contributed by atoms with Crippen molar-refractivity contribution in [2.24, 2.45) is 0 Å². The first-order valence-corrected chi connectivity index (χ1v) is 6.90. The van der Waals surface area contributed by atoms with E-state index in [0.717, 1.165) is 19.3 Å². The van der Waals surface area contributed by atoms with Gasteiger partial charge in [0, 0.05) is 12.1 Å². The van der Waals surface area contributed by atoms with Gasteiger partial charge in [0.25, 0.3) is 0 Å². The van der Waals surface area contributed by atoms with Crippen molar-refractivity contribution in [3.63, 3.8) is 0 Å². The Labute approximate surface area is 116 Å². The number of aromatic nitrogens is 2. The van der Waals surface area contributed by atoms with Crippen LogP contribution in [-0.4, -0.2) is 14.7 Å². The van der Waals surface area contributed by atoms with Crippen LogP contribution in [0, 0.1) is 18.6 Å². The lowest BCUT2D eigenvalue weighted by Crippen LogP contribution is -2.22. The molecule has 1 saturated carbocycles. The summed E-state index contributed by atoms with van der Waals surface area (Å²) in [5, 5.41) is 10.0. The van der Waals surface area contributed by atoms with Gasteiger partial charge in [-0.3, -0.25) is 0 Å². The lowest BCUT2D eigenvalue weighted by Gasteiger charge is -2.29. The van der Waals surface area contributed by atoms with E-state index in [1.165, 1.54) is 19.9 Å². The summed E-state index contributed by atoms with van der Waals surface area (Å²) in [5.41, 5.74) is -1.22. The Hall–Kier alpha value is -1.49. The van der Waals surface area contributed by atoms with Gasteiger partial charge >= 0.3 is 0 Å². The zero-order valence-electron chi connectivity index (χ0n) is 11.9. The molecule has 1 fully saturated rings. The number of fused-ring (bicyclic) bond motifs is 1. The van der Waals surface area contributed by atoms with Crippen LogP contribution in [0.5, 0.6) is 0 Å². The van der Waals surface area contributed by atoms with E-state index >= 15 is 0 Å². The van der Waals surface area contributed by atoms with Crippen LogP contribution in [0.25, 0.3) is 11.0 Å². The SMILES string of the molecule is Cc1nc2cc(F)c(C(C)(C)O)c(F)c2n1C1CCC1. The Bertz CT molecular complexity index is 681. The van der Waals surface area contributed by atoms with Crippen molar-refractivity contribution >= 4 is 11.0 Å². The van der Waals surface area contributed by atoms with Crippen LogP contribution in [0.15, 0.2) is 6.07 Å². The van der Waals surface area contributed by atoms with Crippen molar-refractivity contribution in [3.8, 4) is 0 Å². The smallest absolute Gasteiger partial charge is 0.158 e. The highest BCUT2D eigenvalue weighted by atomic mass is 19.1. The molecular formula is C15H18F2N2O. The van der Waals surface area contributed by atoms with E-state index < -0.39 is 17.2 Å². The molecule has 0 unspecified atom stereocenters. The first kappa shape index (κ1) is 13.5. The molecule has 0 amide bonds. The topological polar surface area (TPSA) is 38.1 Å². The maximum atomic E-state index is 14.8. The molecule has 5 heteroatoms. The number of hydrogen-bond acceptors (Lipinski definition) is 2. The molecule has 1 aliphatic carbocycles. The molecule has 1 N–H and O–H groups in total. The van der Waals surface area contributed by atoms with Gasteiger partial charge in [0.1, 0.15) is 17.2 Å². The number of rotatable bonds is 2. The third-order valence-corrected chi connectivity index (χ3v) is 4.10. The Morgan fingerprint density at radius 1 is 1.35 bits per heavy atom. The quantitative estimate of drug-likeness (QED) is 0.913. The molecule has 0 radical (unpaired) electrons. The van der Waals surface area contributed by atoms with E-state index in [1.807, 2.05) is 4.57 Å². The van der Waals surface area contributed by atoms with Crippen LogP contribution < -0.4 is 0 Å². The fourth-order valence-electron chi connectivity index (χ4n) is 2.95. The molecule has 0 aliphatic heterocycles. The zero-order valence-corrected chi connectivity index (χ0v) is 11.9. The van der Waals surface area contributed by atoms with Crippen molar-refractivity contribution < 1.29 is 13.9 Å². The number of halogens is 2. The summed E-state index contributed by atoms with van der Waals surface area (Å²) in [6.07, 6.45) is 3.09. The Morgan fingerprint density at radius 2 is 2.00 bits per heavy atom. The van der Waals surface area contributed by atoms with Gasteiger partial charge in [-0.25, -0.2) is 13.8 Å². The van der Waals surface area contributed by atoms with Crippen LogP contribution >= 0.6 is 0 Å². The number of aryl methyl sites for hydroxylation is 1. The highest BCUT2D eigenvalue weighted by Crippen LogP contribution is 2.38. The van der Waals surface area contributed by atoms with Gasteiger partial charge < -0.3 is 9.67 Å². The highest BCUT2D eigenvalue weighted by Gasteiger charge is 2.31. The van der Waals surface area contributed by atoms with E-state index in [9.17, 15) is 13.9 Å². The first-order valence-electron chi connectivity index (χ1n) is 6.90. The fourth-order valence-corrected chi connectivity index (χ4v) is 2.95. The number of aliphatic hydroxyl groups is 1. The minimum atomic E-state index is -1.56. The van der Waals surface area contributed by atoms with Gasteiger partial charge in [0.15, 0.2) is 5.82 Å². The third-order valence-electron chi connectivity index (χ3n) is 4.10.